The first-order chi connectivity index (χ1) is 15.3. The van der Waals surface area contributed by atoms with E-state index in [0.717, 1.165) is 22.3 Å². The number of carbonyl (C=O) groups excluding carboxylic acids is 2. The van der Waals surface area contributed by atoms with Crippen molar-refractivity contribution in [3.05, 3.63) is 59.7 Å². The molecule has 0 spiro atoms. The second kappa shape index (κ2) is 10.3. The van der Waals surface area contributed by atoms with Crippen molar-refractivity contribution in [1.29, 1.82) is 0 Å². The number of fused-ring (bicyclic) bond motifs is 3. The molecular formula is C25H30N2O5. The van der Waals surface area contributed by atoms with Gasteiger partial charge in [-0.25, -0.2) is 4.79 Å². The van der Waals surface area contributed by atoms with Crippen molar-refractivity contribution in [3.8, 4) is 11.1 Å². The number of rotatable bonds is 9. The Hall–Kier alpha value is -3.35. The molecule has 0 unspecified atom stereocenters. The first-order valence-corrected chi connectivity index (χ1v) is 10.9. The molecule has 32 heavy (non-hydrogen) atoms. The Morgan fingerprint density at radius 2 is 1.56 bits per heavy atom. The van der Waals surface area contributed by atoms with Crippen molar-refractivity contribution in [2.45, 2.75) is 51.6 Å². The SMILES string of the molecule is CC(C)N(CCCC(=O)O)C(=O)[C@@H](C)NC(=O)OCC1c2ccccc2-c2ccccc21. The van der Waals surface area contributed by atoms with Crippen LogP contribution in [0.3, 0.4) is 0 Å². The Balaban J connectivity index is 1.58. The normalized spacial score (nSPS) is 13.2. The number of ether oxygens (including phenoxy) is 1. The van der Waals surface area contributed by atoms with Crippen molar-refractivity contribution >= 4 is 18.0 Å². The molecule has 7 nitrogen and oxygen atoms in total. The quantitative estimate of drug-likeness (QED) is 0.617. The summed E-state index contributed by atoms with van der Waals surface area (Å²) in [7, 11) is 0. The van der Waals surface area contributed by atoms with Crippen molar-refractivity contribution in [3.63, 3.8) is 0 Å². The number of benzene rings is 2. The van der Waals surface area contributed by atoms with E-state index in [9.17, 15) is 14.4 Å². The van der Waals surface area contributed by atoms with Crippen LogP contribution in [0.2, 0.25) is 0 Å². The van der Waals surface area contributed by atoms with Gasteiger partial charge >= 0.3 is 12.1 Å². The van der Waals surface area contributed by atoms with Crippen LogP contribution in [0.5, 0.6) is 0 Å². The molecule has 2 N–H and O–H groups in total. The smallest absolute Gasteiger partial charge is 0.407 e. The highest BCUT2D eigenvalue weighted by atomic mass is 16.5. The van der Waals surface area contributed by atoms with Crippen LogP contribution < -0.4 is 5.32 Å². The number of hydrogen-bond acceptors (Lipinski definition) is 4. The minimum Gasteiger partial charge on any atom is -0.481 e. The number of hydrogen-bond donors (Lipinski definition) is 2. The molecule has 2 amide bonds. The zero-order valence-electron chi connectivity index (χ0n) is 18.7. The Morgan fingerprint density at radius 3 is 2.09 bits per heavy atom. The van der Waals surface area contributed by atoms with E-state index in [1.54, 1.807) is 11.8 Å². The van der Waals surface area contributed by atoms with Crippen molar-refractivity contribution in [2.75, 3.05) is 13.2 Å². The number of carbonyl (C=O) groups is 3. The molecule has 0 aromatic heterocycles. The highest BCUT2D eigenvalue weighted by Gasteiger charge is 2.30. The maximum atomic E-state index is 12.8. The van der Waals surface area contributed by atoms with Gasteiger partial charge < -0.3 is 20.1 Å². The maximum absolute atomic E-state index is 12.8. The summed E-state index contributed by atoms with van der Waals surface area (Å²) < 4.78 is 5.51. The number of nitrogens with one attached hydrogen (secondary N) is 1. The van der Waals surface area contributed by atoms with Gasteiger partial charge in [0.15, 0.2) is 0 Å². The average Bonchev–Trinajstić information content (AvgIpc) is 3.08. The lowest BCUT2D eigenvalue weighted by Crippen LogP contribution is -2.49. The monoisotopic (exact) mass is 438 g/mol. The maximum Gasteiger partial charge on any atom is 0.407 e. The topological polar surface area (TPSA) is 95.9 Å². The molecule has 170 valence electrons. The van der Waals surface area contributed by atoms with E-state index in [1.807, 2.05) is 50.2 Å². The Bertz CT molecular complexity index is 942. The Labute approximate surface area is 188 Å². The summed E-state index contributed by atoms with van der Waals surface area (Å²) in [5, 5.41) is 11.4. The fourth-order valence-electron chi connectivity index (χ4n) is 4.15. The lowest BCUT2D eigenvalue weighted by atomic mass is 9.98. The molecule has 0 fully saturated rings. The van der Waals surface area contributed by atoms with E-state index in [-0.39, 0.29) is 30.9 Å². The van der Waals surface area contributed by atoms with Gasteiger partial charge in [0.1, 0.15) is 12.6 Å². The number of aliphatic carboxylic acids is 1. The number of carboxylic acids is 1. The fourth-order valence-corrected chi connectivity index (χ4v) is 4.15. The molecule has 1 aliphatic carbocycles. The van der Waals surface area contributed by atoms with Gasteiger partial charge in [-0.15, -0.1) is 0 Å². The zero-order valence-corrected chi connectivity index (χ0v) is 18.7. The van der Waals surface area contributed by atoms with E-state index < -0.39 is 18.1 Å². The summed E-state index contributed by atoms with van der Waals surface area (Å²) in [6.07, 6.45) is -0.302. The number of alkyl carbamates (subject to hydrolysis) is 1. The largest absolute Gasteiger partial charge is 0.481 e. The van der Waals surface area contributed by atoms with Crippen LogP contribution in [0.15, 0.2) is 48.5 Å². The molecule has 1 aliphatic rings. The predicted molar refractivity (Wildman–Crippen MR) is 121 cm³/mol. The van der Waals surface area contributed by atoms with E-state index >= 15 is 0 Å². The minimum atomic E-state index is -0.897. The van der Waals surface area contributed by atoms with E-state index in [0.29, 0.717) is 13.0 Å². The lowest BCUT2D eigenvalue weighted by molar-refractivity contribution is -0.139. The van der Waals surface area contributed by atoms with Crippen LogP contribution in [0, 0.1) is 0 Å². The molecule has 2 aromatic rings. The summed E-state index contributed by atoms with van der Waals surface area (Å²) >= 11 is 0. The Morgan fingerprint density at radius 1 is 1.00 bits per heavy atom. The molecule has 3 rings (SSSR count). The highest BCUT2D eigenvalue weighted by molar-refractivity contribution is 5.85. The number of amides is 2. The van der Waals surface area contributed by atoms with E-state index in [4.69, 9.17) is 9.84 Å². The number of nitrogens with zero attached hydrogens (tertiary/aromatic N) is 1. The van der Waals surface area contributed by atoms with Crippen LogP contribution in [0.25, 0.3) is 11.1 Å². The van der Waals surface area contributed by atoms with Crippen molar-refractivity contribution in [1.82, 2.24) is 10.2 Å². The van der Waals surface area contributed by atoms with Gasteiger partial charge in [-0.2, -0.15) is 0 Å². The van der Waals surface area contributed by atoms with Gasteiger partial charge in [0.05, 0.1) is 0 Å². The van der Waals surface area contributed by atoms with Crippen LogP contribution in [-0.2, 0) is 14.3 Å². The van der Waals surface area contributed by atoms with Gasteiger partial charge in [-0.1, -0.05) is 48.5 Å². The summed E-state index contributed by atoms with van der Waals surface area (Å²) in [4.78, 5) is 37.6. The third-order valence-corrected chi connectivity index (χ3v) is 5.74. The number of carboxylic acid groups (broad SMARTS) is 1. The van der Waals surface area contributed by atoms with Crippen molar-refractivity contribution < 1.29 is 24.2 Å². The zero-order chi connectivity index (χ0) is 23.3. The minimum absolute atomic E-state index is 0.00924. The van der Waals surface area contributed by atoms with Crippen LogP contribution in [0.4, 0.5) is 4.79 Å². The average molecular weight is 439 g/mol. The second-order valence-electron chi connectivity index (χ2n) is 8.31. The lowest BCUT2D eigenvalue weighted by Gasteiger charge is -2.29. The first-order valence-electron chi connectivity index (χ1n) is 10.9. The van der Waals surface area contributed by atoms with E-state index in [2.05, 4.69) is 17.4 Å². The fraction of sp³-hybridized carbons (Fsp3) is 0.400. The van der Waals surface area contributed by atoms with Crippen LogP contribution in [0.1, 0.15) is 50.7 Å². The molecule has 0 heterocycles. The van der Waals surface area contributed by atoms with Gasteiger partial charge in [-0.3, -0.25) is 9.59 Å². The first kappa shape index (κ1) is 23.3. The molecule has 2 aromatic carbocycles. The van der Waals surface area contributed by atoms with Gasteiger partial charge in [0.2, 0.25) is 5.91 Å². The summed E-state index contributed by atoms with van der Waals surface area (Å²) in [6, 6.07) is 15.3. The van der Waals surface area contributed by atoms with Crippen LogP contribution in [-0.4, -0.2) is 53.2 Å². The van der Waals surface area contributed by atoms with Crippen LogP contribution >= 0.6 is 0 Å². The Kier molecular flexibility index (Phi) is 7.51. The van der Waals surface area contributed by atoms with Gasteiger partial charge in [0.25, 0.3) is 0 Å². The van der Waals surface area contributed by atoms with Gasteiger partial charge in [0, 0.05) is 24.9 Å². The highest BCUT2D eigenvalue weighted by Crippen LogP contribution is 2.44. The molecule has 7 heteroatoms. The third kappa shape index (κ3) is 5.28. The summed E-state index contributed by atoms with van der Waals surface area (Å²) in [5.41, 5.74) is 4.54. The predicted octanol–water partition coefficient (Wildman–Crippen LogP) is 4.02. The van der Waals surface area contributed by atoms with Gasteiger partial charge in [-0.05, 0) is 49.4 Å². The molecular weight excluding hydrogens is 408 g/mol. The summed E-state index contributed by atoms with van der Waals surface area (Å²) in [6.45, 7) is 5.82. The molecule has 0 saturated heterocycles. The molecule has 0 radical (unpaired) electrons. The van der Waals surface area contributed by atoms with E-state index in [1.165, 1.54) is 0 Å². The van der Waals surface area contributed by atoms with Crippen molar-refractivity contribution in [2.24, 2.45) is 0 Å². The standard InChI is InChI=1S/C25H30N2O5/c1-16(2)27(14-8-13-23(28)29)24(30)17(3)26-25(31)32-15-22-20-11-6-4-9-18(20)19-10-5-7-12-21(19)22/h4-7,9-12,16-17,22H,8,13-15H2,1-3H3,(H,26,31)(H,28,29)/t17-/m1/s1. The molecule has 0 aliphatic heterocycles. The second-order valence-corrected chi connectivity index (χ2v) is 8.31. The molecule has 0 bridgehead atoms. The molecule has 0 saturated carbocycles. The third-order valence-electron chi connectivity index (χ3n) is 5.74. The molecule has 1 atom stereocenters. The summed E-state index contributed by atoms with van der Waals surface area (Å²) in [5.74, 6) is -1.22.